The van der Waals surface area contributed by atoms with Crippen molar-refractivity contribution in [3.63, 3.8) is 0 Å². The molecule has 0 radical (unpaired) electrons. The Balaban J connectivity index is 1.69. The number of aryl methyl sites for hydroxylation is 2. The number of hydrogen-bond donors (Lipinski definition) is 1. The molecule has 0 unspecified atom stereocenters. The molecule has 2 heterocycles. The molecule has 0 fully saturated rings. The van der Waals surface area contributed by atoms with E-state index in [-0.39, 0.29) is 11.1 Å². The lowest BCUT2D eigenvalue weighted by molar-refractivity contribution is 0.223. The van der Waals surface area contributed by atoms with Crippen LogP contribution in [-0.4, -0.2) is 30.1 Å². The first kappa shape index (κ1) is 21.9. The smallest absolute Gasteiger partial charge is 0.252 e. The Labute approximate surface area is 188 Å². The van der Waals surface area contributed by atoms with Crippen molar-refractivity contribution in [3.05, 3.63) is 87.0 Å². The molecular formula is C25H30N6O. The highest BCUT2D eigenvalue weighted by Gasteiger charge is 2.22. The van der Waals surface area contributed by atoms with E-state index in [0.717, 1.165) is 27.9 Å². The van der Waals surface area contributed by atoms with Crippen LogP contribution in [0.2, 0.25) is 0 Å². The highest BCUT2D eigenvalue weighted by molar-refractivity contribution is 5.83. The molecule has 7 nitrogen and oxygen atoms in total. The standard InChI is InChI=1S/C25H30N6O/c1-17-11-12-20-13-21(24(32)26-23(20)18(17)2)15-30(14-19-9-7-6-8-10-19)16-22-27-28-29-31(22)25(3,4)5/h6-13H,14-16H2,1-5H3,(H,26,32). The number of nitrogens with one attached hydrogen (secondary N) is 1. The Kier molecular flexibility index (Phi) is 5.93. The van der Waals surface area contributed by atoms with E-state index in [9.17, 15) is 4.79 Å². The molecule has 4 rings (SSSR count). The second-order valence-corrected chi connectivity index (χ2v) is 9.40. The van der Waals surface area contributed by atoms with E-state index in [1.807, 2.05) is 35.9 Å². The third kappa shape index (κ3) is 4.62. The summed E-state index contributed by atoms with van der Waals surface area (Å²) in [6.45, 7) is 12.0. The summed E-state index contributed by atoms with van der Waals surface area (Å²) < 4.78 is 1.85. The minimum Gasteiger partial charge on any atom is -0.321 e. The number of aromatic amines is 1. The van der Waals surface area contributed by atoms with Crippen LogP contribution in [0.3, 0.4) is 0 Å². The fraction of sp³-hybridized carbons (Fsp3) is 0.360. The summed E-state index contributed by atoms with van der Waals surface area (Å²) in [4.78, 5) is 18.3. The summed E-state index contributed by atoms with van der Waals surface area (Å²) in [5.41, 5.74) is 4.80. The van der Waals surface area contributed by atoms with E-state index in [2.05, 4.69) is 77.4 Å². The quantitative estimate of drug-likeness (QED) is 0.498. The number of fused-ring (bicyclic) bond motifs is 1. The average molecular weight is 431 g/mol. The second kappa shape index (κ2) is 8.67. The predicted molar refractivity (Wildman–Crippen MR) is 126 cm³/mol. The largest absolute Gasteiger partial charge is 0.321 e. The number of hydrogen-bond acceptors (Lipinski definition) is 5. The highest BCUT2D eigenvalue weighted by Crippen LogP contribution is 2.21. The molecule has 1 N–H and O–H groups in total. The second-order valence-electron chi connectivity index (χ2n) is 9.40. The summed E-state index contributed by atoms with van der Waals surface area (Å²) in [6.07, 6.45) is 0. The van der Waals surface area contributed by atoms with Gasteiger partial charge in [0.25, 0.3) is 5.56 Å². The lowest BCUT2D eigenvalue weighted by Gasteiger charge is -2.25. The molecule has 0 aliphatic carbocycles. The van der Waals surface area contributed by atoms with E-state index >= 15 is 0 Å². The molecular weight excluding hydrogens is 400 g/mol. The Bertz CT molecular complexity index is 1280. The van der Waals surface area contributed by atoms with Crippen molar-refractivity contribution >= 4 is 10.9 Å². The molecule has 2 aromatic heterocycles. The van der Waals surface area contributed by atoms with E-state index in [1.165, 1.54) is 11.1 Å². The zero-order valence-corrected chi connectivity index (χ0v) is 19.4. The molecule has 0 saturated carbocycles. The number of H-pyrrole nitrogens is 1. The van der Waals surface area contributed by atoms with Gasteiger partial charge in [-0.15, -0.1) is 5.10 Å². The van der Waals surface area contributed by atoms with Crippen molar-refractivity contribution in [2.24, 2.45) is 0 Å². The number of rotatable bonds is 6. The van der Waals surface area contributed by atoms with Gasteiger partial charge in [0.2, 0.25) is 0 Å². The number of pyridine rings is 1. The Morgan fingerprint density at radius 2 is 1.75 bits per heavy atom. The maximum Gasteiger partial charge on any atom is 0.252 e. The molecule has 0 saturated heterocycles. The molecule has 4 aromatic rings. The predicted octanol–water partition coefficient (Wildman–Crippen LogP) is 4.09. The van der Waals surface area contributed by atoms with Crippen molar-refractivity contribution in [2.45, 2.75) is 59.8 Å². The zero-order valence-electron chi connectivity index (χ0n) is 19.4. The van der Waals surface area contributed by atoms with E-state index in [1.54, 1.807) is 0 Å². The number of benzene rings is 2. The zero-order chi connectivity index (χ0) is 22.9. The van der Waals surface area contributed by atoms with Crippen LogP contribution in [0.1, 0.15) is 48.8 Å². The lowest BCUT2D eigenvalue weighted by Crippen LogP contribution is -2.31. The maximum atomic E-state index is 13.0. The molecule has 0 bridgehead atoms. The fourth-order valence-corrected chi connectivity index (χ4v) is 3.96. The van der Waals surface area contributed by atoms with Crippen molar-refractivity contribution in [3.8, 4) is 0 Å². The van der Waals surface area contributed by atoms with E-state index in [0.29, 0.717) is 19.6 Å². The maximum absolute atomic E-state index is 13.0. The molecule has 0 spiro atoms. The van der Waals surface area contributed by atoms with Gasteiger partial charge in [-0.1, -0.05) is 42.5 Å². The third-order valence-electron chi connectivity index (χ3n) is 5.81. The van der Waals surface area contributed by atoms with Gasteiger partial charge in [-0.25, -0.2) is 4.68 Å². The van der Waals surface area contributed by atoms with Crippen LogP contribution in [0, 0.1) is 13.8 Å². The number of tetrazole rings is 1. The molecule has 7 heteroatoms. The van der Waals surface area contributed by atoms with Gasteiger partial charge >= 0.3 is 0 Å². The van der Waals surface area contributed by atoms with Crippen LogP contribution >= 0.6 is 0 Å². The van der Waals surface area contributed by atoms with Gasteiger partial charge in [-0.05, 0) is 73.2 Å². The topological polar surface area (TPSA) is 79.7 Å². The molecule has 32 heavy (non-hydrogen) atoms. The SMILES string of the molecule is Cc1ccc2cc(CN(Cc3ccccc3)Cc3nnnn3C(C)(C)C)c(=O)[nH]c2c1C. The average Bonchev–Trinajstić information content (AvgIpc) is 3.21. The first-order valence-electron chi connectivity index (χ1n) is 10.9. The van der Waals surface area contributed by atoms with Crippen LogP contribution < -0.4 is 5.56 Å². The van der Waals surface area contributed by atoms with E-state index in [4.69, 9.17) is 0 Å². The van der Waals surface area contributed by atoms with E-state index < -0.39 is 0 Å². The van der Waals surface area contributed by atoms with Crippen molar-refractivity contribution < 1.29 is 0 Å². The van der Waals surface area contributed by atoms with Gasteiger partial charge in [-0.2, -0.15) is 0 Å². The first-order valence-corrected chi connectivity index (χ1v) is 10.9. The highest BCUT2D eigenvalue weighted by atomic mass is 16.1. The van der Waals surface area contributed by atoms with Gasteiger partial charge in [0.1, 0.15) is 0 Å². The van der Waals surface area contributed by atoms with Crippen LogP contribution in [0.15, 0.2) is 53.3 Å². The summed E-state index contributed by atoms with van der Waals surface area (Å²) in [7, 11) is 0. The minimum absolute atomic E-state index is 0.0559. The van der Waals surface area contributed by atoms with Crippen LogP contribution in [0.25, 0.3) is 10.9 Å². The van der Waals surface area contributed by atoms with Crippen molar-refractivity contribution in [1.82, 2.24) is 30.1 Å². The van der Waals surface area contributed by atoms with Gasteiger partial charge < -0.3 is 4.98 Å². The Hall–Kier alpha value is -3.32. The van der Waals surface area contributed by atoms with Crippen molar-refractivity contribution in [1.29, 1.82) is 0 Å². The summed E-state index contributed by atoms with van der Waals surface area (Å²) in [6, 6.07) is 16.4. The monoisotopic (exact) mass is 430 g/mol. The van der Waals surface area contributed by atoms with Gasteiger partial charge in [0.05, 0.1) is 17.6 Å². The van der Waals surface area contributed by atoms with Gasteiger partial charge in [-0.3, -0.25) is 9.69 Å². The van der Waals surface area contributed by atoms with Gasteiger partial charge in [0.15, 0.2) is 5.82 Å². The van der Waals surface area contributed by atoms with Crippen molar-refractivity contribution in [2.75, 3.05) is 0 Å². The summed E-state index contributed by atoms with van der Waals surface area (Å²) in [5, 5.41) is 13.4. The Morgan fingerprint density at radius 1 is 1.00 bits per heavy atom. The third-order valence-corrected chi connectivity index (χ3v) is 5.81. The first-order chi connectivity index (χ1) is 15.2. The fourth-order valence-electron chi connectivity index (χ4n) is 3.96. The Morgan fingerprint density at radius 3 is 2.47 bits per heavy atom. The van der Waals surface area contributed by atoms with Crippen LogP contribution in [0.5, 0.6) is 0 Å². The number of aromatic nitrogens is 5. The number of nitrogens with zero attached hydrogens (tertiary/aromatic N) is 5. The molecule has 2 aromatic carbocycles. The normalized spacial score (nSPS) is 12.1. The lowest BCUT2D eigenvalue weighted by atomic mass is 10.0. The molecule has 0 aliphatic rings. The molecule has 0 aliphatic heterocycles. The summed E-state index contributed by atoms with van der Waals surface area (Å²) in [5.74, 6) is 0.775. The van der Waals surface area contributed by atoms with Crippen LogP contribution in [0.4, 0.5) is 0 Å². The molecule has 166 valence electrons. The van der Waals surface area contributed by atoms with Crippen LogP contribution in [-0.2, 0) is 25.2 Å². The molecule has 0 amide bonds. The minimum atomic E-state index is -0.229. The van der Waals surface area contributed by atoms with Gasteiger partial charge in [0, 0.05) is 18.7 Å². The summed E-state index contributed by atoms with van der Waals surface area (Å²) >= 11 is 0. The molecule has 0 atom stereocenters.